The number of aromatic nitrogens is 2. The van der Waals surface area contributed by atoms with Gasteiger partial charge >= 0.3 is 0 Å². The summed E-state index contributed by atoms with van der Waals surface area (Å²) in [6.45, 7) is 5.61. The molecule has 6 heteroatoms. The van der Waals surface area contributed by atoms with Gasteiger partial charge in [-0.25, -0.2) is 4.98 Å². The summed E-state index contributed by atoms with van der Waals surface area (Å²) in [5.41, 5.74) is 1.64. The van der Waals surface area contributed by atoms with Crippen LogP contribution < -0.4 is 10.9 Å². The lowest BCUT2D eigenvalue weighted by Crippen LogP contribution is -2.31. The van der Waals surface area contributed by atoms with E-state index in [1.807, 2.05) is 44.2 Å². The number of nitrogens with zero attached hydrogens (tertiary/aromatic N) is 2. The van der Waals surface area contributed by atoms with E-state index in [0.29, 0.717) is 15.9 Å². The summed E-state index contributed by atoms with van der Waals surface area (Å²) in [6.07, 6.45) is 1.44. The van der Waals surface area contributed by atoms with Crippen molar-refractivity contribution in [1.82, 2.24) is 9.55 Å². The Kier molecular flexibility index (Phi) is 4.00. The highest BCUT2D eigenvalue weighted by atomic mass is 32.1. The molecule has 118 valence electrons. The molecule has 0 aliphatic rings. The number of fused-ring (bicyclic) bond motifs is 1. The molecule has 5 nitrogen and oxygen atoms in total. The lowest BCUT2D eigenvalue weighted by Gasteiger charge is -2.14. The molecule has 0 aliphatic carbocycles. The van der Waals surface area contributed by atoms with Crippen molar-refractivity contribution in [1.29, 1.82) is 0 Å². The van der Waals surface area contributed by atoms with Gasteiger partial charge in [-0.05, 0) is 39.0 Å². The van der Waals surface area contributed by atoms with E-state index < -0.39 is 6.04 Å². The smallest absolute Gasteiger partial charge is 0.262 e. The van der Waals surface area contributed by atoms with Crippen LogP contribution in [0.4, 0.5) is 5.69 Å². The molecule has 1 atom stereocenters. The summed E-state index contributed by atoms with van der Waals surface area (Å²) in [5, 5.41) is 3.38. The van der Waals surface area contributed by atoms with Crippen molar-refractivity contribution in [3.8, 4) is 0 Å². The van der Waals surface area contributed by atoms with Gasteiger partial charge in [-0.3, -0.25) is 14.2 Å². The average Bonchev–Trinajstić information content (AvgIpc) is 2.91. The Balaban J connectivity index is 1.88. The third-order valence-corrected chi connectivity index (χ3v) is 4.67. The van der Waals surface area contributed by atoms with E-state index in [2.05, 4.69) is 10.3 Å². The number of carbonyl (C=O) groups excluding carboxylic acids is 1. The summed E-state index contributed by atoms with van der Waals surface area (Å²) < 4.78 is 1.37. The van der Waals surface area contributed by atoms with E-state index in [-0.39, 0.29) is 11.5 Å². The molecule has 0 radical (unpaired) electrons. The van der Waals surface area contributed by atoms with Crippen molar-refractivity contribution in [2.75, 3.05) is 5.32 Å². The maximum atomic E-state index is 12.5. The van der Waals surface area contributed by atoms with Crippen molar-refractivity contribution in [3.63, 3.8) is 0 Å². The number of rotatable bonds is 3. The Morgan fingerprint density at radius 2 is 1.96 bits per heavy atom. The van der Waals surface area contributed by atoms with Crippen LogP contribution in [0.3, 0.4) is 0 Å². The molecule has 1 N–H and O–H groups in total. The van der Waals surface area contributed by atoms with Crippen LogP contribution in [0.5, 0.6) is 0 Å². The molecule has 1 aromatic carbocycles. The number of aryl methyl sites for hydroxylation is 2. The largest absolute Gasteiger partial charge is 0.324 e. The van der Waals surface area contributed by atoms with Gasteiger partial charge in [-0.1, -0.05) is 17.7 Å². The van der Waals surface area contributed by atoms with E-state index in [1.54, 1.807) is 6.92 Å². The summed E-state index contributed by atoms with van der Waals surface area (Å²) in [6, 6.07) is 8.71. The van der Waals surface area contributed by atoms with Gasteiger partial charge in [0.15, 0.2) is 0 Å². The predicted molar refractivity (Wildman–Crippen MR) is 93.1 cm³/mol. The molecule has 0 bridgehead atoms. The van der Waals surface area contributed by atoms with Gasteiger partial charge in [0, 0.05) is 10.6 Å². The van der Waals surface area contributed by atoms with Gasteiger partial charge in [0.25, 0.3) is 5.56 Å². The van der Waals surface area contributed by atoms with Crippen LogP contribution in [0.2, 0.25) is 0 Å². The molecule has 1 amide bonds. The first-order chi connectivity index (χ1) is 11.0. The molecule has 0 fully saturated rings. The Bertz CT molecular complexity index is 925. The molecular formula is C17H17N3O2S. The van der Waals surface area contributed by atoms with E-state index in [9.17, 15) is 9.59 Å². The summed E-state index contributed by atoms with van der Waals surface area (Å²) in [4.78, 5) is 30.9. The minimum atomic E-state index is -0.638. The Morgan fingerprint density at radius 3 is 2.65 bits per heavy atom. The minimum absolute atomic E-state index is 0.189. The average molecular weight is 327 g/mol. The molecule has 3 rings (SSSR count). The number of benzene rings is 1. The van der Waals surface area contributed by atoms with Crippen LogP contribution in [0.25, 0.3) is 10.2 Å². The quantitative estimate of drug-likeness (QED) is 0.803. The number of carbonyl (C=O) groups is 1. The van der Waals surface area contributed by atoms with Gasteiger partial charge in [0.2, 0.25) is 5.91 Å². The zero-order chi connectivity index (χ0) is 16.6. The fourth-order valence-corrected chi connectivity index (χ4v) is 3.18. The molecule has 0 spiro atoms. The van der Waals surface area contributed by atoms with Crippen LogP contribution in [-0.2, 0) is 4.79 Å². The Labute approximate surface area is 137 Å². The zero-order valence-corrected chi connectivity index (χ0v) is 14.0. The van der Waals surface area contributed by atoms with Crippen LogP contribution in [0.15, 0.2) is 41.5 Å². The third-order valence-electron chi connectivity index (χ3n) is 3.72. The van der Waals surface area contributed by atoms with E-state index >= 15 is 0 Å². The zero-order valence-electron chi connectivity index (χ0n) is 13.2. The normalized spacial score (nSPS) is 12.3. The van der Waals surface area contributed by atoms with Crippen molar-refractivity contribution in [2.24, 2.45) is 0 Å². The first kappa shape index (κ1) is 15.4. The monoisotopic (exact) mass is 327 g/mol. The molecule has 23 heavy (non-hydrogen) atoms. The topological polar surface area (TPSA) is 64.0 Å². The highest BCUT2D eigenvalue weighted by Crippen LogP contribution is 2.20. The molecular weight excluding hydrogens is 310 g/mol. The number of nitrogens with one attached hydrogen (secondary N) is 1. The van der Waals surface area contributed by atoms with E-state index in [1.165, 1.54) is 22.2 Å². The predicted octanol–water partition coefficient (Wildman–Crippen LogP) is 3.27. The fourth-order valence-electron chi connectivity index (χ4n) is 2.34. The maximum absolute atomic E-state index is 12.5. The molecule has 3 aromatic rings. The number of hydrogen-bond acceptors (Lipinski definition) is 4. The molecule has 2 heterocycles. The fraction of sp³-hybridized carbons (Fsp3) is 0.235. The van der Waals surface area contributed by atoms with Crippen molar-refractivity contribution < 1.29 is 4.79 Å². The SMILES string of the molecule is Cc1ccc(NC(=O)[C@@H](C)n2cnc3sc(C)cc3c2=O)cc1. The highest BCUT2D eigenvalue weighted by Gasteiger charge is 2.18. The highest BCUT2D eigenvalue weighted by molar-refractivity contribution is 7.18. The van der Waals surface area contributed by atoms with Gasteiger partial charge in [0.1, 0.15) is 10.9 Å². The summed E-state index contributed by atoms with van der Waals surface area (Å²) in [5.74, 6) is -0.246. The Morgan fingerprint density at radius 1 is 1.26 bits per heavy atom. The summed E-state index contributed by atoms with van der Waals surface area (Å²) in [7, 11) is 0. The second-order valence-electron chi connectivity index (χ2n) is 5.56. The lowest BCUT2D eigenvalue weighted by atomic mass is 10.2. The van der Waals surface area contributed by atoms with E-state index in [0.717, 1.165) is 10.4 Å². The number of anilines is 1. The number of thiophene rings is 1. The van der Waals surface area contributed by atoms with Gasteiger partial charge in [-0.15, -0.1) is 11.3 Å². The minimum Gasteiger partial charge on any atom is -0.324 e. The molecule has 0 saturated carbocycles. The van der Waals surface area contributed by atoms with Crippen LogP contribution in [-0.4, -0.2) is 15.5 Å². The second-order valence-corrected chi connectivity index (χ2v) is 6.80. The van der Waals surface area contributed by atoms with E-state index in [4.69, 9.17) is 0 Å². The lowest BCUT2D eigenvalue weighted by molar-refractivity contribution is -0.118. The first-order valence-electron chi connectivity index (χ1n) is 7.30. The number of hydrogen-bond donors (Lipinski definition) is 1. The van der Waals surface area contributed by atoms with Crippen LogP contribution >= 0.6 is 11.3 Å². The molecule has 0 unspecified atom stereocenters. The standard InChI is InChI=1S/C17H17N3O2S/c1-10-4-6-13(7-5-10)19-15(21)12(3)20-9-18-16-14(17(20)22)8-11(2)23-16/h4-9,12H,1-3H3,(H,19,21)/t12-/m1/s1. The third kappa shape index (κ3) is 3.03. The Hall–Kier alpha value is -2.47. The van der Waals surface area contributed by atoms with Gasteiger partial charge in [0.05, 0.1) is 11.7 Å². The van der Waals surface area contributed by atoms with Crippen molar-refractivity contribution in [2.45, 2.75) is 26.8 Å². The van der Waals surface area contributed by atoms with Crippen molar-refractivity contribution >= 4 is 33.1 Å². The summed E-state index contributed by atoms with van der Waals surface area (Å²) >= 11 is 1.47. The number of amides is 1. The van der Waals surface area contributed by atoms with Gasteiger partial charge in [-0.2, -0.15) is 0 Å². The van der Waals surface area contributed by atoms with Crippen molar-refractivity contribution in [3.05, 3.63) is 57.5 Å². The van der Waals surface area contributed by atoms with Crippen LogP contribution in [0, 0.1) is 13.8 Å². The van der Waals surface area contributed by atoms with Gasteiger partial charge < -0.3 is 5.32 Å². The first-order valence-corrected chi connectivity index (χ1v) is 8.12. The second kappa shape index (κ2) is 5.96. The molecule has 0 saturated heterocycles. The van der Waals surface area contributed by atoms with Crippen LogP contribution in [0.1, 0.15) is 23.4 Å². The maximum Gasteiger partial charge on any atom is 0.262 e. The molecule has 0 aliphatic heterocycles. The molecule has 2 aromatic heterocycles.